The van der Waals surface area contributed by atoms with E-state index in [1.54, 1.807) is 25.6 Å². The number of aliphatic imine (C=N–C) groups is 1. The summed E-state index contributed by atoms with van der Waals surface area (Å²) in [6.07, 6.45) is 10.5. The number of anilines is 1. The van der Waals surface area contributed by atoms with Gasteiger partial charge in [-0.2, -0.15) is 0 Å². The Morgan fingerprint density at radius 2 is 1.63 bits per heavy atom. The van der Waals surface area contributed by atoms with Gasteiger partial charge in [0.2, 0.25) is 0 Å². The first-order valence-corrected chi connectivity index (χ1v) is 10.4. The molecule has 1 N–H and O–H groups in total. The van der Waals surface area contributed by atoms with Crippen molar-refractivity contribution in [2.75, 3.05) is 26.1 Å². The Labute approximate surface area is 167 Å². The van der Waals surface area contributed by atoms with E-state index in [-0.39, 0.29) is 0 Å². The van der Waals surface area contributed by atoms with E-state index in [0.717, 1.165) is 40.9 Å². The fourth-order valence-corrected chi connectivity index (χ4v) is 3.20. The molecule has 27 heavy (non-hydrogen) atoms. The van der Waals surface area contributed by atoms with E-state index < -0.39 is 0 Å². The Balaban J connectivity index is 0.00000176. The van der Waals surface area contributed by atoms with Gasteiger partial charge in [0.05, 0.1) is 43.7 Å². The van der Waals surface area contributed by atoms with Crippen molar-refractivity contribution in [3.63, 3.8) is 0 Å². The molecule has 5 nitrogen and oxygen atoms in total. The summed E-state index contributed by atoms with van der Waals surface area (Å²) in [4.78, 5) is 9.41. The molecular formula is C21H33N3O2S. The second-order valence-electron chi connectivity index (χ2n) is 5.96. The molecule has 0 bridgehead atoms. The molecule has 150 valence electrons. The maximum Gasteiger partial charge on any atom is 0.183 e. The summed E-state index contributed by atoms with van der Waals surface area (Å²) < 4.78 is 10.9. The Morgan fingerprint density at radius 3 is 2.22 bits per heavy atom. The van der Waals surface area contributed by atoms with Crippen molar-refractivity contribution in [1.82, 2.24) is 4.98 Å². The van der Waals surface area contributed by atoms with Crippen molar-refractivity contribution in [3.05, 3.63) is 46.9 Å². The summed E-state index contributed by atoms with van der Waals surface area (Å²) in [6, 6.07) is 0.358. The molecule has 1 aliphatic rings. The van der Waals surface area contributed by atoms with Crippen molar-refractivity contribution >= 4 is 22.2 Å². The third-order valence-corrected chi connectivity index (χ3v) is 4.44. The van der Waals surface area contributed by atoms with E-state index in [9.17, 15) is 0 Å². The van der Waals surface area contributed by atoms with Gasteiger partial charge in [0.1, 0.15) is 0 Å². The van der Waals surface area contributed by atoms with Gasteiger partial charge in [-0.3, -0.25) is 4.99 Å². The fraction of sp³-hybridized carbons (Fsp3) is 0.524. The zero-order chi connectivity index (χ0) is 20.1. The minimum atomic E-state index is 0.358. The van der Waals surface area contributed by atoms with Crippen LogP contribution in [-0.4, -0.2) is 37.5 Å². The summed E-state index contributed by atoms with van der Waals surface area (Å²) in [6.45, 7) is 8.78. The minimum absolute atomic E-state index is 0.358. The highest BCUT2D eigenvalue weighted by molar-refractivity contribution is 7.13. The molecule has 1 aromatic rings. The molecule has 1 aromatic heterocycles. The van der Waals surface area contributed by atoms with Gasteiger partial charge in [0, 0.05) is 30.7 Å². The number of nitrogens with zero attached hydrogens (tertiary/aromatic N) is 2. The molecule has 0 aliphatic carbocycles. The number of hydrogen-bond acceptors (Lipinski definition) is 6. The molecule has 2 rings (SSSR count). The van der Waals surface area contributed by atoms with Gasteiger partial charge < -0.3 is 14.8 Å². The highest BCUT2D eigenvalue weighted by Crippen LogP contribution is 2.19. The Kier molecular flexibility index (Phi) is 11.2. The van der Waals surface area contributed by atoms with Crippen molar-refractivity contribution in [3.8, 4) is 0 Å². The number of methoxy groups -OCH3 is 2. The first-order chi connectivity index (χ1) is 13.1. The van der Waals surface area contributed by atoms with Crippen LogP contribution in [0.2, 0.25) is 0 Å². The smallest absolute Gasteiger partial charge is 0.183 e. The Bertz CT molecular complexity index is 673. The number of ether oxygens (including phenoxy) is 2. The van der Waals surface area contributed by atoms with Gasteiger partial charge >= 0.3 is 0 Å². The van der Waals surface area contributed by atoms with Gasteiger partial charge in [0.25, 0.3) is 0 Å². The highest BCUT2D eigenvalue weighted by atomic mass is 32.1. The van der Waals surface area contributed by atoms with Crippen LogP contribution in [0, 0.1) is 0 Å². The molecule has 2 heterocycles. The van der Waals surface area contributed by atoms with Crippen LogP contribution < -0.4 is 5.32 Å². The average Bonchev–Trinajstić information content (AvgIpc) is 3.11. The maximum absolute atomic E-state index is 5.47. The van der Waals surface area contributed by atoms with Gasteiger partial charge in [0.15, 0.2) is 5.13 Å². The molecule has 0 spiro atoms. The molecule has 0 fully saturated rings. The maximum atomic E-state index is 5.47. The fourth-order valence-electron chi connectivity index (χ4n) is 2.34. The first kappa shape index (κ1) is 23.0. The quantitative estimate of drug-likeness (QED) is 0.666. The van der Waals surface area contributed by atoms with Crippen LogP contribution in [0.3, 0.4) is 0 Å². The Hall–Kier alpha value is -2.08. The third-order valence-electron chi connectivity index (χ3n) is 3.67. The lowest BCUT2D eigenvalue weighted by molar-refractivity contribution is 0.281. The highest BCUT2D eigenvalue weighted by Gasteiger charge is 2.10. The predicted octanol–water partition coefficient (Wildman–Crippen LogP) is 5.58. The second kappa shape index (κ2) is 13.1. The lowest BCUT2D eigenvalue weighted by Crippen LogP contribution is -2.10. The normalized spacial score (nSPS) is 20.3. The minimum Gasteiger partial charge on any atom is -0.501 e. The lowest BCUT2D eigenvalue weighted by Gasteiger charge is -2.08. The summed E-state index contributed by atoms with van der Waals surface area (Å²) in [7, 11) is 3.40. The van der Waals surface area contributed by atoms with Crippen LogP contribution in [0.5, 0.6) is 0 Å². The van der Waals surface area contributed by atoms with E-state index in [2.05, 4.69) is 47.8 Å². The monoisotopic (exact) mass is 391 g/mol. The van der Waals surface area contributed by atoms with E-state index in [1.165, 1.54) is 0 Å². The number of aromatic nitrogens is 1. The molecular weight excluding hydrogens is 358 g/mol. The average molecular weight is 392 g/mol. The summed E-state index contributed by atoms with van der Waals surface area (Å²) in [5.74, 6) is 1.85. The van der Waals surface area contributed by atoms with Crippen molar-refractivity contribution in [2.24, 2.45) is 4.99 Å². The van der Waals surface area contributed by atoms with Crippen LogP contribution in [0.4, 0.5) is 5.13 Å². The number of hydrogen-bond donors (Lipinski definition) is 1. The molecule has 0 radical (unpaired) electrons. The number of rotatable bonds is 5. The van der Waals surface area contributed by atoms with E-state index in [1.807, 2.05) is 19.9 Å². The molecule has 1 aliphatic heterocycles. The van der Waals surface area contributed by atoms with E-state index in [0.29, 0.717) is 19.0 Å². The number of nitrogens with one attached hydrogen (secondary N) is 1. The third kappa shape index (κ3) is 8.43. The molecule has 0 amide bonds. The zero-order valence-electron chi connectivity index (χ0n) is 17.4. The van der Waals surface area contributed by atoms with Gasteiger partial charge in [-0.25, -0.2) is 4.98 Å². The van der Waals surface area contributed by atoms with Gasteiger partial charge in [-0.05, 0) is 26.0 Å². The zero-order valence-corrected chi connectivity index (χ0v) is 18.2. The van der Waals surface area contributed by atoms with Crippen LogP contribution in [0.25, 0.3) is 0 Å². The molecule has 0 atom stereocenters. The van der Waals surface area contributed by atoms with Crippen LogP contribution >= 0.6 is 11.3 Å². The molecule has 0 unspecified atom stereocenters. The van der Waals surface area contributed by atoms with E-state index >= 15 is 0 Å². The summed E-state index contributed by atoms with van der Waals surface area (Å²) in [5.41, 5.74) is 1.87. The molecule has 0 saturated heterocycles. The molecule has 0 saturated carbocycles. The number of allylic oxidation sites excluding steroid dienone is 3. The summed E-state index contributed by atoms with van der Waals surface area (Å²) in [5, 5.41) is 6.31. The van der Waals surface area contributed by atoms with Crippen molar-refractivity contribution in [1.29, 1.82) is 0 Å². The van der Waals surface area contributed by atoms with Crippen LogP contribution in [-0.2, 0) is 9.47 Å². The summed E-state index contributed by atoms with van der Waals surface area (Å²) >= 11 is 1.61. The van der Waals surface area contributed by atoms with Crippen molar-refractivity contribution in [2.45, 2.75) is 53.0 Å². The predicted molar refractivity (Wildman–Crippen MR) is 117 cm³/mol. The Morgan fingerprint density at radius 1 is 1.00 bits per heavy atom. The molecule has 0 aromatic carbocycles. The topological polar surface area (TPSA) is 55.7 Å². The number of thiazole rings is 1. The lowest BCUT2D eigenvalue weighted by atomic mass is 10.1. The van der Waals surface area contributed by atoms with Gasteiger partial charge in [-0.1, -0.05) is 26.0 Å². The second-order valence-corrected chi connectivity index (χ2v) is 6.82. The van der Waals surface area contributed by atoms with E-state index in [4.69, 9.17) is 14.5 Å². The van der Waals surface area contributed by atoms with Crippen LogP contribution in [0.15, 0.2) is 46.2 Å². The first-order valence-electron chi connectivity index (χ1n) is 9.49. The largest absolute Gasteiger partial charge is 0.501 e. The SMILES string of the molecule is CC.CO/C1=C/CN=C(c2csc(NC(C)C)n2)C/C=C(/OC)C/C=C\C1. The standard InChI is InChI=1S/C19H27N3O2S.C2H6/c1-14(2)21-19-22-18(13-25-19)17-10-9-15(23-3)7-5-6-8-16(24-4)11-12-20-17;1-2/h5-6,9,11,13-14H,7-8,10,12H2,1-4H3,(H,21,22);1-2H3/b6-5-,15-9+,16-11+,20-17?;. The van der Waals surface area contributed by atoms with Gasteiger partial charge in [-0.15, -0.1) is 11.3 Å². The molecule has 6 heteroatoms. The van der Waals surface area contributed by atoms with Crippen LogP contribution in [0.1, 0.15) is 52.7 Å². The van der Waals surface area contributed by atoms with Crippen molar-refractivity contribution < 1.29 is 9.47 Å².